The number of likely N-dealkylation sites (N-methyl/N-ethyl adjacent to an activating group) is 1. The first-order chi connectivity index (χ1) is 11.6. The summed E-state index contributed by atoms with van der Waals surface area (Å²) in [7, 11) is 2.04. The van der Waals surface area contributed by atoms with E-state index in [0.29, 0.717) is 16.6 Å². The lowest BCUT2D eigenvalue weighted by Crippen LogP contribution is -2.47. The molecule has 1 unspecified atom stereocenters. The second-order valence-corrected chi connectivity index (χ2v) is 6.60. The number of rotatable bonds is 3. The first-order valence-electron chi connectivity index (χ1n) is 8.05. The number of piperidine rings is 1. The third-order valence-corrected chi connectivity index (χ3v) is 4.64. The lowest BCUT2D eigenvalue weighted by atomic mass is 10.0. The molecular formula is C18H20ClN5. The molecule has 0 radical (unpaired) electrons. The second-order valence-electron chi connectivity index (χ2n) is 6.16. The molecule has 0 bridgehead atoms. The number of hydrogen-bond acceptors (Lipinski definition) is 5. The predicted octanol–water partition coefficient (Wildman–Crippen LogP) is 3.42. The van der Waals surface area contributed by atoms with Crippen molar-refractivity contribution in [2.45, 2.75) is 25.8 Å². The van der Waals surface area contributed by atoms with E-state index >= 15 is 0 Å². The molecule has 2 heterocycles. The third kappa shape index (κ3) is 3.60. The summed E-state index contributed by atoms with van der Waals surface area (Å²) in [5.74, 6) is 0.755. The van der Waals surface area contributed by atoms with Crippen LogP contribution >= 0.6 is 11.6 Å². The fraction of sp³-hybridized carbons (Fsp3) is 0.389. The highest BCUT2D eigenvalue weighted by Crippen LogP contribution is 2.27. The summed E-state index contributed by atoms with van der Waals surface area (Å²) < 4.78 is 0. The lowest BCUT2D eigenvalue weighted by Gasteiger charge is -2.39. The van der Waals surface area contributed by atoms with E-state index in [2.05, 4.69) is 25.8 Å². The molecule has 1 aromatic carbocycles. The Hall–Kier alpha value is -2.32. The van der Waals surface area contributed by atoms with Gasteiger partial charge in [0.1, 0.15) is 0 Å². The summed E-state index contributed by atoms with van der Waals surface area (Å²) >= 11 is 6.15. The maximum Gasteiger partial charge on any atom is 0.225 e. The summed E-state index contributed by atoms with van der Waals surface area (Å²) in [4.78, 5) is 13.3. The van der Waals surface area contributed by atoms with Crippen LogP contribution in [0.5, 0.6) is 0 Å². The molecule has 1 atom stereocenters. The topological polar surface area (TPSA) is 56.1 Å². The van der Waals surface area contributed by atoms with Crippen LogP contribution in [0.4, 0.5) is 11.6 Å². The van der Waals surface area contributed by atoms with E-state index in [1.165, 1.54) is 0 Å². The van der Waals surface area contributed by atoms with Crippen LogP contribution in [-0.2, 0) is 0 Å². The summed E-state index contributed by atoms with van der Waals surface area (Å²) in [6.07, 6.45) is 3.97. The summed E-state index contributed by atoms with van der Waals surface area (Å²) in [6, 6.07) is 9.92. The highest BCUT2D eigenvalue weighted by atomic mass is 35.5. The summed E-state index contributed by atoms with van der Waals surface area (Å²) in [6.45, 7) is 3.80. The van der Waals surface area contributed by atoms with Crippen molar-refractivity contribution in [3.63, 3.8) is 0 Å². The van der Waals surface area contributed by atoms with E-state index in [0.717, 1.165) is 43.3 Å². The lowest BCUT2D eigenvalue weighted by molar-refractivity contribution is 0.483. The molecular weight excluding hydrogens is 322 g/mol. The molecule has 0 spiro atoms. The Morgan fingerprint density at radius 1 is 1.38 bits per heavy atom. The van der Waals surface area contributed by atoms with Gasteiger partial charge in [-0.05, 0) is 44.0 Å². The molecule has 0 amide bonds. The molecule has 1 aliphatic heterocycles. The highest BCUT2D eigenvalue weighted by molar-refractivity contribution is 6.31. The summed E-state index contributed by atoms with van der Waals surface area (Å²) in [5, 5.41) is 9.75. The van der Waals surface area contributed by atoms with Crippen LogP contribution in [0.1, 0.15) is 24.1 Å². The third-order valence-electron chi connectivity index (χ3n) is 4.42. The quantitative estimate of drug-likeness (QED) is 0.856. The van der Waals surface area contributed by atoms with E-state index in [9.17, 15) is 0 Å². The van der Waals surface area contributed by atoms with Crippen LogP contribution in [-0.4, -0.2) is 36.1 Å². The van der Waals surface area contributed by atoms with Crippen LogP contribution < -0.4 is 9.80 Å². The second kappa shape index (κ2) is 7.06. The van der Waals surface area contributed by atoms with E-state index in [4.69, 9.17) is 16.9 Å². The van der Waals surface area contributed by atoms with Crippen molar-refractivity contribution in [1.29, 1.82) is 5.26 Å². The van der Waals surface area contributed by atoms with Gasteiger partial charge in [0.05, 0.1) is 11.6 Å². The molecule has 124 valence electrons. The van der Waals surface area contributed by atoms with Gasteiger partial charge in [0, 0.05) is 48.8 Å². The van der Waals surface area contributed by atoms with Crippen LogP contribution in [0.25, 0.3) is 0 Å². The SMILES string of the molecule is Cc1ccnc(N(C)C2CCCN(c3cc(Cl)cc(C#N)c3)C2)n1. The normalized spacial score (nSPS) is 17.4. The van der Waals surface area contributed by atoms with Gasteiger partial charge in [-0.2, -0.15) is 5.26 Å². The van der Waals surface area contributed by atoms with Crippen molar-refractivity contribution in [1.82, 2.24) is 9.97 Å². The minimum Gasteiger partial charge on any atom is -0.369 e. The van der Waals surface area contributed by atoms with Gasteiger partial charge in [0.25, 0.3) is 0 Å². The van der Waals surface area contributed by atoms with Crippen LogP contribution in [0.2, 0.25) is 5.02 Å². The van der Waals surface area contributed by atoms with Crippen molar-refractivity contribution in [2.75, 3.05) is 29.9 Å². The van der Waals surface area contributed by atoms with Gasteiger partial charge >= 0.3 is 0 Å². The van der Waals surface area contributed by atoms with Crippen molar-refractivity contribution in [2.24, 2.45) is 0 Å². The average Bonchev–Trinajstić information content (AvgIpc) is 2.60. The van der Waals surface area contributed by atoms with Crippen LogP contribution in [0.3, 0.4) is 0 Å². The number of nitrogens with zero attached hydrogens (tertiary/aromatic N) is 5. The Labute approximate surface area is 147 Å². The number of aryl methyl sites for hydroxylation is 1. The van der Waals surface area contributed by atoms with E-state index in [1.54, 1.807) is 12.3 Å². The Morgan fingerprint density at radius 3 is 2.96 bits per heavy atom. The molecule has 24 heavy (non-hydrogen) atoms. The average molecular weight is 342 g/mol. The summed E-state index contributed by atoms with van der Waals surface area (Å²) in [5.41, 5.74) is 2.56. The maximum absolute atomic E-state index is 9.15. The first kappa shape index (κ1) is 16.5. The Morgan fingerprint density at radius 2 is 2.21 bits per heavy atom. The monoisotopic (exact) mass is 341 g/mol. The predicted molar refractivity (Wildman–Crippen MR) is 96.6 cm³/mol. The van der Waals surface area contributed by atoms with Gasteiger partial charge in [0.15, 0.2) is 0 Å². The van der Waals surface area contributed by atoms with Crippen LogP contribution in [0, 0.1) is 18.3 Å². The van der Waals surface area contributed by atoms with Gasteiger partial charge in [-0.15, -0.1) is 0 Å². The van der Waals surface area contributed by atoms with Crippen molar-refractivity contribution >= 4 is 23.2 Å². The molecule has 1 aliphatic rings. The molecule has 0 N–H and O–H groups in total. The number of nitriles is 1. The molecule has 3 rings (SSSR count). The molecule has 2 aromatic rings. The van der Waals surface area contributed by atoms with E-state index in [-0.39, 0.29) is 0 Å². The molecule has 1 aromatic heterocycles. The van der Waals surface area contributed by atoms with Crippen molar-refractivity contribution in [3.05, 3.63) is 46.7 Å². The molecule has 0 saturated carbocycles. The molecule has 0 aliphatic carbocycles. The number of anilines is 2. The minimum absolute atomic E-state index is 0.324. The number of benzene rings is 1. The Bertz CT molecular complexity index is 770. The fourth-order valence-electron chi connectivity index (χ4n) is 3.10. The smallest absolute Gasteiger partial charge is 0.225 e. The van der Waals surface area contributed by atoms with E-state index < -0.39 is 0 Å². The first-order valence-corrected chi connectivity index (χ1v) is 8.43. The van der Waals surface area contributed by atoms with Crippen LogP contribution in [0.15, 0.2) is 30.5 Å². The highest BCUT2D eigenvalue weighted by Gasteiger charge is 2.25. The van der Waals surface area contributed by atoms with Gasteiger partial charge in [0.2, 0.25) is 5.95 Å². The standard InChI is InChI=1S/C18H20ClN5/c1-13-5-6-21-18(22-13)23(2)16-4-3-7-24(12-16)17-9-14(11-20)8-15(19)10-17/h5-6,8-10,16H,3-4,7,12H2,1-2H3. The minimum atomic E-state index is 0.324. The zero-order valence-corrected chi connectivity index (χ0v) is 14.7. The number of halogens is 1. The molecule has 1 fully saturated rings. The maximum atomic E-state index is 9.15. The Balaban J connectivity index is 1.79. The molecule has 5 nitrogen and oxygen atoms in total. The largest absolute Gasteiger partial charge is 0.369 e. The van der Waals surface area contributed by atoms with Gasteiger partial charge in [-0.3, -0.25) is 0 Å². The van der Waals surface area contributed by atoms with E-state index in [1.807, 2.05) is 32.2 Å². The molecule has 1 saturated heterocycles. The fourth-order valence-corrected chi connectivity index (χ4v) is 3.32. The van der Waals surface area contributed by atoms with Gasteiger partial charge < -0.3 is 9.80 Å². The number of hydrogen-bond donors (Lipinski definition) is 0. The van der Waals surface area contributed by atoms with Crippen molar-refractivity contribution in [3.8, 4) is 6.07 Å². The van der Waals surface area contributed by atoms with Gasteiger partial charge in [-0.25, -0.2) is 9.97 Å². The van der Waals surface area contributed by atoms with Crippen molar-refractivity contribution < 1.29 is 0 Å². The van der Waals surface area contributed by atoms with Gasteiger partial charge in [-0.1, -0.05) is 11.6 Å². The Kier molecular flexibility index (Phi) is 4.86. The number of aromatic nitrogens is 2. The zero-order chi connectivity index (χ0) is 17.1. The molecule has 6 heteroatoms. The zero-order valence-electron chi connectivity index (χ0n) is 13.9.